The Kier molecular flexibility index (Phi) is 6.03. The number of carbonyl (C=O) groups excluding carboxylic acids is 2. The van der Waals surface area contributed by atoms with Crippen molar-refractivity contribution in [3.05, 3.63) is 76.0 Å². The Morgan fingerprint density at radius 2 is 1.97 bits per heavy atom. The quantitative estimate of drug-likeness (QED) is 0.418. The Labute approximate surface area is 191 Å². The van der Waals surface area contributed by atoms with Crippen molar-refractivity contribution >= 4 is 39.7 Å². The van der Waals surface area contributed by atoms with E-state index in [9.17, 15) is 22.8 Å². The molecule has 4 aromatic rings. The van der Waals surface area contributed by atoms with Gasteiger partial charge in [0.1, 0.15) is 17.3 Å². The summed E-state index contributed by atoms with van der Waals surface area (Å²) in [5.41, 5.74) is 3.29. The van der Waals surface area contributed by atoms with E-state index in [-0.39, 0.29) is 18.1 Å². The maximum Gasteiger partial charge on any atom is 0.416 e. The number of anilines is 1. The lowest BCUT2D eigenvalue weighted by Gasteiger charge is -2.13. The van der Waals surface area contributed by atoms with Crippen LogP contribution in [0.4, 0.5) is 18.9 Å². The number of nitrogens with one attached hydrogen (secondary N) is 1. The Morgan fingerprint density at radius 3 is 2.67 bits per heavy atom. The number of thiazole rings is 1. The van der Waals surface area contributed by atoms with Crippen LogP contribution in [0, 0.1) is 0 Å². The predicted molar refractivity (Wildman–Crippen MR) is 119 cm³/mol. The molecule has 0 saturated carbocycles. The number of ketones is 1. The van der Waals surface area contributed by atoms with Gasteiger partial charge < -0.3 is 9.88 Å². The van der Waals surface area contributed by atoms with Crippen molar-refractivity contribution in [1.82, 2.24) is 14.5 Å². The number of hydrogen-bond donors (Lipinski definition) is 1. The molecule has 1 atom stereocenters. The standard InChI is InChI=1S/C23H19F3N4O2S/c1-13(14-4-3-5-15(8-14)23(24,25)26)20(31)10-21-29-17-9-16(6-7-19(17)30(21)2)28-22(32)18-11-33-12-27-18/h3-9,11-13H,10H2,1-2H3,(H,28,32). The van der Waals surface area contributed by atoms with Gasteiger partial charge in [-0.05, 0) is 29.8 Å². The van der Waals surface area contributed by atoms with E-state index < -0.39 is 17.7 Å². The number of hydrogen-bond acceptors (Lipinski definition) is 5. The highest BCUT2D eigenvalue weighted by molar-refractivity contribution is 7.07. The normalized spacial score (nSPS) is 12.6. The minimum absolute atomic E-state index is 0.0386. The number of aromatic nitrogens is 3. The number of halogens is 3. The van der Waals surface area contributed by atoms with E-state index in [4.69, 9.17) is 0 Å². The molecular formula is C23H19F3N4O2S. The first kappa shape index (κ1) is 22.7. The van der Waals surface area contributed by atoms with Crippen LogP contribution in [0.1, 0.15) is 40.3 Å². The molecular weight excluding hydrogens is 453 g/mol. The Balaban J connectivity index is 1.53. The maximum absolute atomic E-state index is 13.0. The zero-order chi connectivity index (χ0) is 23.8. The van der Waals surface area contributed by atoms with Crippen LogP contribution in [-0.4, -0.2) is 26.2 Å². The van der Waals surface area contributed by atoms with Crippen molar-refractivity contribution < 1.29 is 22.8 Å². The number of benzene rings is 2. The molecule has 4 rings (SSSR count). The van der Waals surface area contributed by atoms with E-state index in [1.807, 2.05) is 0 Å². The van der Waals surface area contributed by atoms with E-state index in [2.05, 4.69) is 15.3 Å². The molecule has 1 N–H and O–H groups in total. The zero-order valence-corrected chi connectivity index (χ0v) is 18.5. The van der Waals surface area contributed by atoms with E-state index >= 15 is 0 Å². The van der Waals surface area contributed by atoms with E-state index in [1.165, 1.54) is 23.5 Å². The molecule has 0 aliphatic heterocycles. The van der Waals surface area contributed by atoms with E-state index in [0.717, 1.165) is 17.6 Å². The van der Waals surface area contributed by atoms with Crippen LogP contribution >= 0.6 is 11.3 Å². The first-order valence-electron chi connectivity index (χ1n) is 9.98. The fraction of sp³-hybridized carbons (Fsp3) is 0.217. The van der Waals surface area contributed by atoms with Crippen LogP contribution < -0.4 is 5.32 Å². The van der Waals surface area contributed by atoms with Gasteiger partial charge in [0, 0.05) is 24.0 Å². The summed E-state index contributed by atoms with van der Waals surface area (Å²) in [6, 6.07) is 10.0. The molecule has 10 heteroatoms. The summed E-state index contributed by atoms with van der Waals surface area (Å²) >= 11 is 1.32. The molecule has 2 heterocycles. The number of carbonyl (C=O) groups is 2. The number of Topliss-reactive ketones (excluding diaryl/α,β-unsaturated/α-hetero) is 1. The molecule has 0 radical (unpaired) electrons. The molecule has 0 fully saturated rings. The van der Waals surface area contributed by atoms with Crippen LogP contribution in [0.3, 0.4) is 0 Å². The average molecular weight is 472 g/mol. The maximum atomic E-state index is 13.0. The zero-order valence-electron chi connectivity index (χ0n) is 17.7. The molecule has 1 amide bonds. The lowest BCUT2D eigenvalue weighted by atomic mass is 9.93. The van der Waals surface area contributed by atoms with Crippen LogP contribution in [-0.2, 0) is 24.4 Å². The van der Waals surface area contributed by atoms with Crippen molar-refractivity contribution in [1.29, 1.82) is 0 Å². The Morgan fingerprint density at radius 1 is 1.18 bits per heavy atom. The highest BCUT2D eigenvalue weighted by Crippen LogP contribution is 2.31. The van der Waals surface area contributed by atoms with E-state index in [0.29, 0.717) is 28.3 Å². The van der Waals surface area contributed by atoms with Crippen molar-refractivity contribution in [2.24, 2.45) is 7.05 Å². The fourth-order valence-corrected chi connectivity index (χ4v) is 4.02. The number of aryl methyl sites for hydroxylation is 1. The SMILES string of the molecule is CC(C(=O)Cc1nc2cc(NC(=O)c3cscn3)ccc2n1C)c1cccc(C(F)(F)F)c1. The minimum Gasteiger partial charge on any atom is -0.331 e. The van der Waals surface area contributed by atoms with Crippen molar-refractivity contribution in [2.75, 3.05) is 5.32 Å². The van der Waals surface area contributed by atoms with Gasteiger partial charge >= 0.3 is 6.18 Å². The molecule has 0 aliphatic rings. The van der Waals surface area contributed by atoms with Crippen molar-refractivity contribution in [3.8, 4) is 0 Å². The predicted octanol–water partition coefficient (Wildman–Crippen LogP) is 5.22. The lowest BCUT2D eigenvalue weighted by molar-refractivity contribution is -0.137. The average Bonchev–Trinajstić information content (AvgIpc) is 3.42. The van der Waals surface area contributed by atoms with Gasteiger partial charge in [-0.2, -0.15) is 13.2 Å². The third-order valence-corrected chi connectivity index (χ3v) is 6.01. The molecule has 0 spiro atoms. The number of fused-ring (bicyclic) bond motifs is 1. The van der Waals surface area contributed by atoms with Gasteiger partial charge in [0.15, 0.2) is 0 Å². The van der Waals surface area contributed by atoms with Gasteiger partial charge in [0.25, 0.3) is 5.91 Å². The second-order valence-electron chi connectivity index (χ2n) is 7.61. The first-order chi connectivity index (χ1) is 15.6. The van der Waals surface area contributed by atoms with Crippen LogP contribution in [0.25, 0.3) is 11.0 Å². The van der Waals surface area contributed by atoms with E-state index in [1.54, 1.807) is 47.6 Å². The number of amides is 1. The summed E-state index contributed by atoms with van der Waals surface area (Å²) in [4.78, 5) is 33.6. The third kappa shape index (κ3) is 4.80. The second kappa shape index (κ2) is 8.78. The molecule has 0 aliphatic carbocycles. The van der Waals surface area contributed by atoms with Crippen LogP contribution in [0.2, 0.25) is 0 Å². The summed E-state index contributed by atoms with van der Waals surface area (Å²) < 4.78 is 40.8. The molecule has 0 bridgehead atoms. The van der Waals surface area contributed by atoms with Gasteiger partial charge in [-0.3, -0.25) is 9.59 Å². The highest BCUT2D eigenvalue weighted by atomic mass is 32.1. The third-order valence-electron chi connectivity index (χ3n) is 5.43. The molecule has 0 saturated heterocycles. The summed E-state index contributed by atoms with van der Waals surface area (Å²) in [6.07, 6.45) is -4.51. The lowest BCUT2D eigenvalue weighted by Crippen LogP contribution is -2.15. The molecule has 6 nitrogen and oxygen atoms in total. The number of imidazole rings is 1. The fourth-order valence-electron chi connectivity index (χ4n) is 3.48. The summed E-state index contributed by atoms with van der Waals surface area (Å²) in [6.45, 7) is 1.59. The molecule has 33 heavy (non-hydrogen) atoms. The largest absolute Gasteiger partial charge is 0.416 e. The highest BCUT2D eigenvalue weighted by Gasteiger charge is 2.31. The first-order valence-corrected chi connectivity index (χ1v) is 10.9. The second-order valence-corrected chi connectivity index (χ2v) is 8.33. The molecule has 2 aromatic heterocycles. The molecule has 1 unspecified atom stereocenters. The van der Waals surface area contributed by atoms with Gasteiger partial charge in [-0.1, -0.05) is 25.1 Å². The van der Waals surface area contributed by atoms with Gasteiger partial charge in [-0.25, -0.2) is 9.97 Å². The van der Waals surface area contributed by atoms with Crippen LogP contribution in [0.15, 0.2) is 53.4 Å². The summed E-state index contributed by atoms with van der Waals surface area (Å²) in [5, 5.41) is 4.40. The number of alkyl halides is 3. The molecule has 2 aromatic carbocycles. The number of nitrogens with zero attached hydrogens (tertiary/aromatic N) is 3. The van der Waals surface area contributed by atoms with Crippen molar-refractivity contribution in [3.63, 3.8) is 0 Å². The van der Waals surface area contributed by atoms with Gasteiger partial charge in [-0.15, -0.1) is 11.3 Å². The van der Waals surface area contributed by atoms with Gasteiger partial charge in [0.2, 0.25) is 0 Å². The summed E-state index contributed by atoms with van der Waals surface area (Å²) in [7, 11) is 1.76. The topological polar surface area (TPSA) is 76.9 Å². The Hall–Kier alpha value is -3.53. The Bertz CT molecular complexity index is 1330. The summed E-state index contributed by atoms with van der Waals surface area (Å²) in [5.74, 6) is -0.821. The minimum atomic E-state index is -4.47. The molecule has 170 valence electrons. The number of rotatable bonds is 6. The van der Waals surface area contributed by atoms with Crippen LogP contribution in [0.5, 0.6) is 0 Å². The smallest absolute Gasteiger partial charge is 0.331 e. The van der Waals surface area contributed by atoms with Crippen molar-refractivity contribution in [2.45, 2.75) is 25.4 Å². The van der Waals surface area contributed by atoms with Gasteiger partial charge in [0.05, 0.1) is 28.5 Å². The monoisotopic (exact) mass is 472 g/mol.